The summed E-state index contributed by atoms with van der Waals surface area (Å²) in [5, 5.41) is 13.0. The maximum Gasteiger partial charge on any atom is 0.354 e. The Balaban J connectivity index is 2.08. The van der Waals surface area contributed by atoms with Gasteiger partial charge in [0.25, 0.3) is 0 Å². The minimum atomic E-state index is -1.02. The molecule has 1 N–H and O–H groups in total. The molecule has 0 spiro atoms. The van der Waals surface area contributed by atoms with Gasteiger partial charge in [0, 0.05) is 17.8 Å². The number of carbonyl (C=O) groups is 1. The van der Waals surface area contributed by atoms with Crippen molar-refractivity contribution in [2.75, 3.05) is 11.9 Å². The smallest absolute Gasteiger partial charge is 0.354 e. The molecule has 0 unspecified atom stereocenters. The van der Waals surface area contributed by atoms with Crippen molar-refractivity contribution in [2.45, 2.75) is 6.54 Å². The summed E-state index contributed by atoms with van der Waals surface area (Å²) in [5.41, 5.74) is 2.77. The number of thiazole rings is 1. The lowest BCUT2D eigenvalue weighted by atomic mass is 10.1. The molecule has 0 aliphatic carbocycles. The maximum absolute atomic E-state index is 11.2. The Bertz CT molecular complexity index is 787. The highest BCUT2D eigenvalue weighted by molar-refractivity contribution is 7.07. The summed E-state index contributed by atoms with van der Waals surface area (Å²) < 4.78 is 0. The van der Waals surface area contributed by atoms with Gasteiger partial charge in [-0.25, -0.2) is 14.8 Å². The number of hydrogen-bond donors (Lipinski definition) is 1. The molecule has 0 bridgehead atoms. The Morgan fingerprint density at radius 2 is 2.19 bits per heavy atom. The zero-order valence-corrected chi connectivity index (χ0v) is 12.2. The first-order valence-electron chi connectivity index (χ1n) is 6.36. The molecule has 0 amide bonds. The summed E-state index contributed by atoms with van der Waals surface area (Å²) in [7, 11) is 1.89. The minimum absolute atomic E-state index is 0.0498. The molecule has 0 radical (unpaired) electrons. The van der Waals surface area contributed by atoms with Crippen LogP contribution in [0.4, 0.5) is 5.82 Å². The van der Waals surface area contributed by atoms with E-state index in [2.05, 4.69) is 9.97 Å². The SMILES string of the molecule is CN(Cc1cscn1)c1nc(C(=O)O)cc2ccccc12. The van der Waals surface area contributed by atoms with E-state index in [1.165, 1.54) is 11.3 Å². The monoisotopic (exact) mass is 299 g/mol. The molecule has 106 valence electrons. The summed E-state index contributed by atoms with van der Waals surface area (Å²) in [6.07, 6.45) is 0. The second kappa shape index (κ2) is 5.49. The van der Waals surface area contributed by atoms with E-state index in [1.807, 2.05) is 41.6 Å². The van der Waals surface area contributed by atoms with Crippen LogP contribution in [-0.4, -0.2) is 28.1 Å². The molecule has 21 heavy (non-hydrogen) atoms. The van der Waals surface area contributed by atoms with Gasteiger partial charge in [-0.05, 0) is 11.5 Å². The topological polar surface area (TPSA) is 66.3 Å². The zero-order chi connectivity index (χ0) is 14.8. The molecule has 2 heterocycles. The molecule has 0 aliphatic rings. The molecule has 0 saturated heterocycles. The van der Waals surface area contributed by atoms with Gasteiger partial charge < -0.3 is 10.0 Å². The molecule has 0 atom stereocenters. The second-order valence-electron chi connectivity index (χ2n) is 4.69. The Labute approximate surface area is 125 Å². The van der Waals surface area contributed by atoms with Crippen molar-refractivity contribution in [3.05, 3.63) is 52.6 Å². The van der Waals surface area contributed by atoms with Crippen molar-refractivity contribution in [3.8, 4) is 0 Å². The number of fused-ring (bicyclic) bond motifs is 1. The summed E-state index contributed by atoms with van der Waals surface area (Å²) >= 11 is 1.54. The number of rotatable bonds is 4. The van der Waals surface area contributed by atoms with Crippen molar-refractivity contribution in [3.63, 3.8) is 0 Å². The van der Waals surface area contributed by atoms with Crippen LogP contribution in [-0.2, 0) is 6.54 Å². The molecule has 2 aromatic heterocycles. The number of nitrogens with zero attached hydrogens (tertiary/aromatic N) is 3. The molecule has 3 rings (SSSR count). The van der Waals surface area contributed by atoms with Gasteiger partial charge in [-0.1, -0.05) is 24.3 Å². The van der Waals surface area contributed by atoms with Gasteiger partial charge in [-0.15, -0.1) is 11.3 Å². The van der Waals surface area contributed by atoms with Crippen molar-refractivity contribution in [2.24, 2.45) is 0 Å². The molecule has 5 nitrogen and oxygen atoms in total. The third-order valence-corrected chi connectivity index (χ3v) is 3.82. The quantitative estimate of drug-likeness (QED) is 0.802. The summed E-state index contributed by atoms with van der Waals surface area (Å²) in [6.45, 7) is 0.587. The van der Waals surface area contributed by atoms with Crippen LogP contribution in [0.1, 0.15) is 16.2 Å². The molecule has 6 heteroatoms. The standard InChI is InChI=1S/C15H13N3O2S/c1-18(7-11-8-21-9-16-11)14-12-5-3-2-4-10(12)6-13(17-14)15(19)20/h2-6,8-9H,7H2,1H3,(H,19,20). The lowest BCUT2D eigenvalue weighted by Gasteiger charge is -2.19. The number of benzene rings is 1. The lowest BCUT2D eigenvalue weighted by molar-refractivity contribution is 0.0691. The average Bonchev–Trinajstić information content (AvgIpc) is 2.98. The predicted octanol–water partition coefficient (Wildman–Crippen LogP) is 3.03. The van der Waals surface area contributed by atoms with Gasteiger partial charge in [0.05, 0.1) is 17.7 Å². The van der Waals surface area contributed by atoms with Gasteiger partial charge >= 0.3 is 5.97 Å². The Kier molecular flexibility index (Phi) is 3.53. The highest BCUT2D eigenvalue weighted by Crippen LogP contribution is 2.26. The van der Waals surface area contributed by atoms with Crippen LogP contribution in [0.3, 0.4) is 0 Å². The van der Waals surface area contributed by atoms with E-state index in [-0.39, 0.29) is 5.69 Å². The van der Waals surface area contributed by atoms with Gasteiger partial charge in [0.15, 0.2) is 5.69 Å². The molecule has 3 aromatic rings. The highest BCUT2D eigenvalue weighted by Gasteiger charge is 2.14. The lowest BCUT2D eigenvalue weighted by Crippen LogP contribution is -2.19. The molecular weight excluding hydrogens is 286 g/mol. The van der Waals surface area contributed by atoms with E-state index >= 15 is 0 Å². The number of hydrogen-bond acceptors (Lipinski definition) is 5. The Morgan fingerprint density at radius 1 is 1.38 bits per heavy atom. The first-order chi connectivity index (χ1) is 10.1. The maximum atomic E-state index is 11.2. The third-order valence-electron chi connectivity index (χ3n) is 3.18. The van der Waals surface area contributed by atoms with E-state index in [4.69, 9.17) is 0 Å². The fourth-order valence-electron chi connectivity index (χ4n) is 2.21. The number of aromatic carboxylic acids is 1. The van der Waals surface area contributed by atoms with Gasteiger partial charge in [0.1, 0.15) is 5.82 Å². The van der Waals surface area contributed by atoms with Gasteiger partial charge in [-0.2, -0.15) is 0 Å². The van der Waals surface area contributed by atoms with Crippen LogP contribution in [0.5, 0.6) is 0 Å². The largest absolute Gasteiger partial charge is 0.477 e. The van der Waals surface area contributed by atoms with Crippen LogP contribution in [0.2, 0.25) is 0 Å². The summed E-state index contributed by atoms with van der Waals surface area (Å²) in [5.74, 6) is -0.373. The molecule has 0 fully saturated rings. The highest BCUT2D eigenvalue weighted by atomic mass is 32.1. The van der Waals surface area contributed by atoms with Crippen LogP contribution in [0.15, 0.2) is 41.2 Å². The number of carboxylic acids is 1. The van der Waals surface area contributed by atoms with Gasteiger partial charge in [-0.3, -0.25) is 0 Å². The number of aromatic nitrogens is 2. The van der Waals surface area contributed by atoms with E-state index in [9.17, 15) is 9.90 Å². The van der Waals surface area contributed by atoms with Crippen molar-refractivity contribution in [1.82, 2.24) is 9.97 Å². The Hall–Kier alpha value is -2.47. The van der Waals surface area contributed by atoms with E-state index in [0.29, 0.717) is 12.4 Å². The molecule has 0 aliphatic heterocycles. The van der Waals surface area contributed by atoms with Crippen LogP contribution in [0, 0.1) is 0 Å². The van der Waals surface area contributed by atoms with E-state index in [1.54, 1.807) is 11.6 Å². The van der Waals surface area contributed by atoms with E-state index in [0.717, 1.165) is 16.5 Å². The van der Waals surface area contributed by atoms with Crippen LogP contribution >= 0.6 is 11.3 Å². The van der Waals surface area contributed by atoms with E-state index < -0.39 is 5.97 Å². The minimum Gasteiger partial charge on any atom is -0.477 e. The first kappa shape index (κ1) is 13.5. The van der Waals surface area contributed by atoms with Crippen LogP contribution < -0.4 is 4.90 Å². The van der Waals surface area contributed by atoms with Crippen LogP contribution in [0.25, 0.3) is 10.8 Å². The predicted molar refractivity (Wildman–Crippen MR) is 82.9 cm³/mol. The summed E-state index contributed by atoms with van der Waals surface area (Å²) in [6, 6.07) is 9.24. The zero-order valence-electron chi connectivity index (χ0n) is 11.4. The number of anilines is 1. The number of pyridine rings is 1. The normalized spacial score (nSPS) is 10.7. The third kappa shape index (κ3) is 2.71. The van der Waals surface area contributed by atoms with Crippen molar-refractivity contribution < 1.29 is 9.90 Å². The molecular formula is C15H13N3O2S. The molecule has 1 aromatic carbocycles. The molecule has 0 saturated carbocycles. The average molecular weight is 299 g/mol. The number of carboxylic acid groups (broad SMARTS) is 1. The van der Waals surface area contributed by atoms with Crippen molar-refractivity contribution in [1.29, 1.82) is 0 Å². The second-order valence-corrected chi connectivity index (χ2v) is 5.41. The first-order valence-corrected chi connectivity index (χ1v) is 7.30. The van der Waals surface area contributed by atoms with Gasteiger partial charge in [0.2, 0.25) is 0 Å². The Morgan fingerprint density at radius 3 is 2.90 bits per heavy atom. The summed E-state index contributed by atoms with van der Waals surface area (Å²) in [4.78, 5) is 21.7. The fourth-order valence-corrected chi connectivity index (χ4v) is 2.76. The van der Waals surface area contributed by atoms with Crippen molar-refractivity contribution >= 4 is 33.9 Å². The fraction of sp³-hybridized carbons (Fsp3) is 0.133.